The lowest BCUT2D eigenvalue weighted by molar-refractivity contribution is 0.544. The molecule has 0 aliphatic carbocycles. The number of halogens is 1. The summed E-state index contributed by atoms with van der Waals surface area (Å²) in [6, 6.07) is 5.91. The van der Waals surface area contributed by atoms with Crippen LogP contribution >= 0.6 is 22.9 Å². The Kier molecular flexibility index (Phi) is 4.35. The average molecular weight is 282 g/mol. The molecule has 0 aliphatic heterocycles. The Labute approximate surface area is 116 Å². The molecule has 0 bridgehead atoms. The number of rotatable bonds is 4. The van der Waals surface area contributed by atoms with E-state index in [1.165, 1.54) is 0 Å². The number of hydrogen-bond donors (Lipinski definition) is 2. The third-order valence-electron chi connectivity index (χ3n) is 2.97. The fourth-order valence-electron chi connectivity index (χ4n) is 1.97. The predicted octanol–water partition coefficient (Wildman–Crippen LogP) is 3.16. The van der Waals surface area contributed by atoms with Crippen molar-refractivity contribution in [2.75, 3.05) is 0 Å². The van der Waals surface area contributed by atoms with Crippen molar-refractivity contribution < 1.29 is 0 Å². The number of aromatic nitrogens is 1. The highest BCUT2D eigenvalue weighted by Crippen LogP contribution is 2.26. The van der Waals surface area contributed by atoms with Crippen LogP contribution in [0.3, 0.4) is 0 Å². The van der Waals surface area contributed by atoms with E-state index in [0.29, 0.717) is 0 Å². The second kappa shape index (κ2) is 5.80. The lowest BCUT2D eigenvalue weighted by Gasteiger charge is -2.18. The summed E-state index contributed by atoms with van der Waals surface area (Å²) >= 11 is 7.79. The molecule has 5 heteroatoms. The van der Waals surface area contributed by atoms with E-state index < -0.39 is 0 Å². The summed E-state index contributed by atoms with van der Waals surface area (Å²) in [4.78, 5) is 4.47. The molecule has 0 saturated heterocycles. The highest BCUT2D eigenvalue weighted by molar-refractivity contribution is 7.09. The molecule has 0 fully saturated rings. The van der Waals surface area contributed by atoms with E-state index in [0.717, 1.165) is 33.3 Å². The van der Waals surface area contributed by atoms with Crippen molar-refractivity contribution in [3.63, 3.8) is 0 Å². The van der Waals surface area contributed by atoms with Gasteiger partial charge in [0.1, 0.15) is 0 Å². The Balaban J connectivity index is 2.25. The molecule has 0 amide bonds. The molecule has 1 aromatic carbocycles. The molecule has 3 N–H and O–H groups in total. The van der Waals surface area contributed by atoms with Crippen molar-refractivity contribution in [1.82, 2.24) is 10.4 Å². The van der Waals surface area contributed by atoms with Gasteiger partial charge in [-0.3, -0.25) is 11.3 Å². The molecular formula is C13H16ClN3S. The molecule has 96 valence electrons. The SMILES string of the molecule is Cc1nc(CC(NN)c2cccc(Cl)c2C)cs1. The van der Waals surface area contributed by atoms with Gasteiger partial charge in [0.15, 0.2) is 0 Å². The number of aryl methyl sites for hydroxylation is 1. The van der Waals surface area contributed by atoms with Gasteiger partial charge >= 0.3 is 0 Å². The van der Waals surface area contributed by atoms with Crippen molar-refractivity contribution in [2.45, 2.75) is 26.3 Å². The Morgan fingerprint density at radius 3 is 2.83 bits per heavy atom. The average Bonchev–Trinajstić information content (AvgIpc) is 2.76. The lowest BCUT2D eigenvalue weighted by Crippen LogP contribution is -2.30. The van der Waals surface area contributed by atoms with Crippen LogP contribution in [0.15, 0.2) is 23.6 Å². The molecule has 2 aromatic rings. The molecule has 1 aromatic heterocycles. The van der Waals surface area contributed by atoms with E-state index in [4.69, 9.17) is 17.4 Å². The van der Waals surface area contributed by atoms with Crippen molar-refractivity contribution in [2.24, 2.45) is 5.84 Å². The normalized spacial score (nSPS) is 12.7. The molecule has 2 rings (SSSR count). The number of hydrazine groups is 1. The first kappa shape index (κ1) is 13.5. The first-order valence-electron chi connectivity index (χ1n) is 5.74. The van der Waals surface area contributed by atoms with Gasteiger partial charge in [0.25, 0.3) is 0 Å². The van der Waals surface area contributed by atoms with Crippen LogP contribution < -0.4 is 11.3 Å². The van der Waals surface area contributed by atoms with Crippen molar-refractivity contribution in [1.29, 1.82) is 0 Å². The Hall–Kier alpha value is -0.940. The van der Waals surface area contributed by atoms with Crippen LogP contribution in [-0.2, 0) is 6.42 Å². The largest absolute Gasteiger partial charge is 0.271 e. The van der Waals surface area contributed by atoms with Gasteiger partial charge in [-0.05, 0) is 31.0 Å². The smallest absolute Gasteiger partial charge is 0.0897 e. The standard InChI is InChI=1S/C13H16ClN3S/c1-8-11(4-3-5-12(8)14)13(17-15)6-10-7-18-9(2)16-10/h3-5,7,13,17H,6,15H2,1-2H3. The maximum Gasteiger partial charge on any atom is 0.0897 e. The topological polar surface area (TPSA) is 50.9 Å². The highest BCUT2D eigenvalue weighted by atomic mass is 35.5. The van der Waals surface area contributed by atoms with Crippen LogP contribution in [0.25, 0.3) is 0 Å². The van der Waals surface area contributed by atoms with E-state index in [-0.39, 0.29) is 6.04 Å². The van der Waals surface area contributed by atoms with E-state index in [1.807, 2.05) is 32.0 Å². The summed E-state index contributed by atoms with van der Waals surface area (Å²) < 4.78 is 0. The van der Waals surface area contributed by atoms with Gasteiger partial charge in [-0.2, -0.15) is 0 Å². The lowest BCUT2D eigenvalue weighted by atomic mass is 9.98. The van der Waals surface area contributed by atoms with Crippen LogP contribution in [0.4, 0.5) is 0 Å². The molecule has 18 heavy (non-hydrogen) atoms. The maximum atomic E-state index is 6.14. The summed E-state index contributed by atoms with van der Waals surface area (Å²) in [5.74, 6) is 5.66. The molecule has 0 aliphatic rings. The fourth-order valence-corrected chi connectivity index (χ4v) is 2.78. The van der Waals surface area contributed by atoms with Crippen LogP contribution in [0.1, 0.15) is 27.9 Å². The van der Waals surface area contributed by atoms with Gasteiger partial charge in [0.05, 0.1) is 16.7 Å². The summed E-state index contributed by atoms with van der Waals surface area (Å²) in [6.07, 6.45) is 0.766. The van der Waals surface area contributed by atoms with Crippen LogP contribution in [0, 0.1) is 13.8 Å². The second-order valence-corrected chi connectivity index (χ2v) is 5.70. The van der Waals surface area contributed by atoms with Crippen LogP contribution in [0.2, 0.25) is 5.02 Å². The zero-order valence-electron chi connectivity index (χ0n) is 10.4. The molecule has 1 atom stereocenters. The van der Waals surface area contributed by atoms with E-state index in [2.05, 4.69) is 15.8 Å². The minimum absolute atomic E-state index is 0.0326. The number of benzene rings is 1. The van der Waals surface area contributed by atoms with Gasteiger partial charge < -0.3 is 0 Å². The first-order chi connectivity index (χ1) is 8.61. The molecule has 1 heterocycles. The third-order valence-corrected chi connectivity index (χ3v) is 4.20. The van der Waals surface area contributed by atoms with Gasteiger partial charge in [-0.1, -0.05) is 23.7 Å². The minimum Gasteiger partial charge on any atom is -0.271 e. The molecule has 0 spiro atoms. The number of hydrogen-bond acceptors (Lipinski definition) is 4. The number of nitrogens with two attached hydrogens (primary N) is 1. The van der Waals surface area contributed by atoms with E-state index >= 15 is 0 Å². The van der Waals surface area contributed by atoms with Crippen LogP contribution in [-0.4, -0.2) is 4.98 Å². The number of nitrogens with zero attached hydrogens (tertiary/aromatic N) is 1. The summed E-state index contributed by atoms with van der Waals surface area (Å²) in [6.45, 7) is 4.01. The number of nitrogens with one attached hydrogen (secondary N) is 1. The minimum atomic E-state index is 0.0326. The Morgan fingerprint density at radius 1 is 1.44 bits per heavy atom. The predicted molar refractivity (Wildman–Crippen MR) is 76.8 cm³/mol. The Morgan fingerprint density at radius 2 is 2.22 bits per heavy atom. The summed E-state index contributed by atoms with van der Waals surface area (Å²) in [7, 11) is 0. The summed E-state index contributed by atoms with van der Waals surface area (Å²) in [5, 5.41) is 3.91. The molecule has 0 radical (unpaired) electrons. The number of thiazole rings is 1. The molecular weight excluding hydrogens is 266 g/mol. The zero-order chi connectivity index (χ0) is 13.1. The first-order valence-corrected chi connectivity index (χ1v) is 6.99. The third kappa shape index (κ3) is 2.90. The quantitative estimate of drug-likeness (QED) is 0.669. The van der Waals surface area contributed by atoms with Crippen LogP contribution in [0.5, 0.6) is 0 Å². The molecule has 1 unspecified atom stereocenters. The molecule has 0 saturated carbocycles. The maximum absolute atomic E-state index is 6.14. The Bertz CT molecular complexity index is 539. The van der Waals surface area contributed by atoms with Gasteiger partial charge in [-0.25, -0.2) is 4.98 Å². The van der Waals surface area contributed by atoms with Crippen molar-refractivity contribution in [3.05, 3.63) is 50.4 Å². The monoisotopic (exact) mass is 281 g/mol. The zero-order valence-corrected chi connectivity index (χ0v) is 12.0. The molecule has 3 nitrogen and oxygen atoms in total. The van der Waals surface area contributed by atoms with Crippen molar-refractivity contribution >= 4 is 22.9 Å². The van der Waals surface area contributed by atoms with E-state index in [9.17, 15) is 0 Å². The fraction of sp³-hybridized carbons (Fsp3) is 0.308. The highest BCUT2D eigenvalue weighted by Gasteiger charge is 2.15. The van der Waals surface area contributed by atoms with Gasteiger partial charge in [0.2, 0.25) is 0 Å². The van der Waals surface area contributed by atoms with Gasteiger partial charge in [-0.15, -0.1) is 11.3 Å². The van der Waals surface area contributed by atoms with Gasteiger partial charge in [0, 0.05) is 16.8 Å². The van der Waals surface area contributed by atoms with E-state index in [1.54, 1.807) is 11.3 Å². The summed E-state index contributed by atoms with van der Waals surface area (Å²) in [5.41, 5.74) is 6.09. The van der Waals surface area contributed by atoms with Crippen molar-refractivity contribution in [3.8, 4) is 0 Å². The second-order valence-electron chi connectivity index (χ2n) is 4.24.